The number of hydrogen-bond donors (Lipinski definition) is 1. The Hall–Kier alpha value is -1.55. The molecule has 0 radical (unpaired) electrons. The highest BCUT2D eigenvalue weighted by molar-refractivity contribution is 5.78. The fraction of sp³-hybridized carbons (Fsp3) is 0.462. The number of aliphatic hydroxyl groups excluding tert-OH is 1. The molecular weight excluding hydrogens is 216 g/mol. The van der Waals surface area contributed by atoms with Crippen molar-refractivity contribution in [3.8, 4) is 5.75 Å². The van der Waals surface area contributed by atoms with Crippen molar-refractivity contribution in [2.45, 2.75) is 33.4 Å². The van der Waals surface area contributed by atoms with Crippen LogP contribution in [0.2, 0.25) is 0 Å². The molecule has 0 saturated carbocycles. The van der Waals surface area contributed by atoms with Crippen molar-refractivity contribution in [2.24, 2.45) is 0 Å². The standard InChI is InChI=1S/C13H18N2O2/c1-4-17-10-5-6-12-11(7-10)14-13(8-16)15(12)9(2)3/h5-7,9,16H,4,8H2,1-3H3. The fourth-order valence-electron chi connectivity index (χ4n) is 2.07. The Kier molecular flexibility index (Phi) is 3.33. The van der Waals surface area contributed by atoms with Crippen LogP contribution in [0.15, 0.2) is 18.2 Å². The number of nitrogens with zero attached hydrogens (tertiary/aromatic N) is 2. The summed E-state index contributed by atoms with van der Waals surface area (Å²) in [7, 11) is 0. The molecule has 0 fully saturated rings. The predicted octanol–water partition coefficient (Wildman–Crippen LogP) is 2.51. The van der Waals surface area contributed by atoms with E-state index < -0.39 is 0 Å². The summed E-state index contributed by atoms with van der Waals surface area (Å²) in [5, 5.41) is 9.33. The Balaban J connectivity index is 2.57. The van der Waals surface area contributed by atoms with Crippen molar-refractivity contribution < 1.29 is 9.84 Å². The van der Waals surface area contributed by atoms with Gasteiger partial charge >= 0.3 is 0 Å². The first kappa shape index (κ1) is 11.9. The average molecular weight is 234 g/mol. The van der Waals surface area contributed by atoms with Gasteiger partial charge in [-0.2, -0.15) is 0 Å². The summed E-state index contributed by atoms with van der Waals surface area (Å²) in [5.41, 5.74) is 1.90. The van der Waals surface area contributed by atoms with Gasteiger partial charge < -0.3 is 14.4 Å². The maximum Gasteiger partial charge on any atom is 0.135 e. The summed E-state index contributed by atoms with van der Waals surface area (Å²) >= 11 is 0. The molecule has 2 aromatic rings. The first-order chi connectivity index (χ1) is 8.17. The third kappa shape index (κ3) is 2.13. The molecule has 0 saturated heterocycles. The molecule has 0 atom stereocenters. The molecule has 2 rings (SSSR count). The van der Waals surface area contributed by atoms with Crippen LogP contribution in [0.4, 0.5) is 0 Å². The van der Waals surface area contributed by atoms with Crippen LogP contribution < -0.4 is 4.74 Å². The van der Waals surface area contributed by atoms with E-state index in [0.717, 1.165) is 16.8 Å². The molecule has 92 valence electrons. The van der Waals surface area contributed by atoms with Crippen LogP contribution in [-0.2, 0) is 6.61 Å². The van der Waals surface area contributed by atoms with Gasteiger partial charge in [0.2, 0.25) is 0 Å². The average Bonchev–Trinajstić information content (AvgIpc) is 2.67. The van der Waals surface area contributed by atoms with E-state index in [-0.39, 0.29) is 12.6 Å². The minimum absolute atomic E-state index is 0.0448. The van der Waals surface area contributed by atoms with Crippen LogP contribution in [0.1, 0.15) is 32.6 Å². The summed E-state index contributed by atoms with van der Waals surface area (Å²) < 4.78 is 7.49. The number of aliphatic hydroxyl groups is 1. The van der Waals surface area contributed by atoms with E-state index in [1.54, 1.807) is 0 Å². The molecule has 1 heterocycles. The summed E-state index contributed by atoms with van der Waals surface area (Å²) in [4.78, 5) is 4.43. The van der Waals surface area contributed by atoms with Gasteiger partial charge in [-0.3, -0.25) is 0 Å². The quantitative estimate of drug-likeness (QED) is 0.884. The zero-order valence-electron chi connectivity index (χ0n) is 10.5. The van der Waals surface area contributed by atoms with Gasteiger partial charge in [-0.05, 0) is 32.9 Å². The molecular formula is C13H18N2O2. The highest BCUT2D eigenvalue weighted by Crippen LogP contribution is 2.25. The van der Waals surface area contributed by atoms with E-state index in [4.69, 9.17) is 4.74 Å². The van der Waals surface area contributed by atoms with E-state index in [9.17, 15) is 5.11 Å². The highest BCUT2D eigenvalue weighted by atomic mass is 16.5. The number of hydrogen-bond acceptors (Lipinski definition) is 3. The van der Waals surface area contributed by atoms with Crippen molar-refractivity contribution in [3.63, 3.8) is 0 Å². The van der Waals surface area contributed by atoms with Gasteiger partial charge in [0.25, 0.3) is 0 Å². The molecule has 0 amide bonds. The minimum atomic E-state index is -0.0448. The second kappa shape index (κ2) is 4.75. The molecule has 4 nitrogen and oxygen atoms in total. The summed E-state index contributed by atoms with van der Waals surface area (Å²) in [6.45, 7) is 6.71. The van der Waals surface area contributed by atoms with Crippen molar-refractivity contribution in [1.82, 2.24) is 9.55 Å². The Morgan fingerprint density at radius 2 is 2.18 bits per heavy atom. The van der Waals surface area contributed by atoms with Gasteiger partial charge in [0.05, 0.1) is 17.6 Å². The van der Waals surface area contributed by atoms with Gasteiger partial charge in [-0.15, -0.1) is 0 Å². The maximum absolute atomic E-state index is 9.33. The molecule has 0 unspecified atom stereocenters. The Morgan fingerprint density at radius 1 is 1.41 bits per heavy atom. The zero-order chi connectivity index (χ0) is 12.4. The molecule has 1 aromatic heterocycles. The topological polar surface area (TPSA) is 47.3 Å². The van der Waals surface area contributed by atoms with Gasteiger partial charge in [-0.25, -0.2) is 4.98 Å². The lowest BCUT2D eigenvalue weighted by atomic mass is 10.2. The van der Waals surface area contributed by atoms with Crippen molar-refractivity contribution >= 4 is 11.0 Å². The molecule has 4 heteroatoms. The predicted molar refractivity (Wildman–Crippen MR) is 67.2 cm³/mol. The molecule has 17 heavy (non-hydrogen) atoms. The van der Waals surface area contributed by atoms with Gasteiger partial charge in [-0.1, -0.05) is 0 Å². The second-order valence-electron chi connectivity index (χ2n) is 4.23. The zero-order valence-corrected chi connectivity index (χ0v) is 10.5. The SMILES string of the molecule is CCOc1ccc2c(c1)nc(CO)n2C(C)C. The Bertz CT molecular complexity index is 517. The number of ether oxygens (including phenoxy) is 1. The van der Waals surface area contributed by atoms with Gasteiger partial charge in [0.15, 0.2) is 0 Å². The summed E-state index contributed by atoms with van der Waals surface area (Å²) in [6, 6.07) is 6.12. The molecule has 0 aliphatic rings. The smallest absolute Gasteiger partial charge is 0.135 e. The van der Waals surface area contributed by atoms with Crippen LogP contribution in [0.5, 0.6) is 5.75 Å². The van der Waals surface area contributed by atoms with E-state index in [2.05, 4.69) is 18.8 Å². The van der Waals surface area contributed by atoms with Crippen LogP contribution in [-0.4, -0.2) is 21.3 Å². The van der Waals surface area contributed by atoms with Crippen molar-refractivity contribution in [1.29, 1.82) is 0 Å². The largest absolute Gasteiger partial charge is 0.494 e. The normalized spacial score (nSPS) is 11.4. The minimum Gasteiger partial charge on any atom is -0.494 e. The first-order valence-corrected chi connectivity index (χ1v) is 5.92. The van der Waals surface area contributed by atoms with Gasteiger partial charge in [0, 0.05) is 12.1 Å². The molecule has 0 aliphatic carbocycles. The lowest BCUT2D eigenvalue weighted by Crippen LogP contribution is -2.05. The lowest BCUT2D eigenvalue weighted by molar-refractivity contribution is 0.263. The number of aromatic nitrogens is 2. The Morgan fingerprint density at radius 3 is 2.76 bits per heavy atom. The van der Waals surface area contributed by atoms with Gasteiger partial charge in [0.1, 0.15) is 18.2 Å². The Labute approximate surface area is 101 Å². The molecule has 0 bridgehead atoms. The molecule has 1 aromatic carbocycles. The highest BCUT2D eigenvalue weighted by Gasteiger charge is 2.12. The third-order valence-corrected chi connectivity index (χ3v) is 2.70. The molecule has 0 spiro atoms. The molecule has 0 aliphatic heterocycles. The van der Waals surface area contributed by atoms with Crippen LogP contribution >= 0.6 is 0 Å². The lowest BCUT2D eigenvalue weighted by Gasteiger charge is -2.11. The fourth-order valence-corrected chi connectivity index (χ4v) is 2.07. The van der Waals surface area contributed by atoms with Crippen molar-refractivity contribution in [3.05, 3.63) is 24.0 Å². The number of benzene rings is 1. The van der Waals surface area contributed by atoms with Crippen LogP contribution in [0, 0.1) is 0 Å². The van der Waals surface area contributed by atoms with Crippen LogP contribution in [0.25, 0.3) is 11.0 Å². The monoisotopic (exact) mass is 234 g/mol. The maximum atomic E-state index is 9.33. The number of imidazole rings is 1. The number of fused-ring (bicyclic) bond motifs is 1. The van der Waals surface area contributed by atoms with E-state index in [1.165, 1.54) is 0 Å². The van der Waals surface area contributed by atoms with Crippen LogP contribution in [0.3, 0.4) is 0 Å². The van der Waals surface area contributed by atoms with Crippen molar-refractivity contribution in [2.75, 3.05) is 6.61 Å². The summed E-state index contributed by atoms with van der Waals surface area (Å²) in [6.07, 6.45) is 0. The summed E-state index contributed by atoms with van der Waals surface area (Å²) in [5.74, 6) is 1.52. The second-order valence-corrected chi connectivity index (χ2v) is 4.23. The first-order valence-electron chi connectivity index (χ1n) is 5.92. The third-order valence-electron chi connectivity index (χ3n) is 2.70. The van der Waals surface area contributed by atoms with E-state index in [0.29, 0.717) is 12.4 Å². The van der Waals surface area contributed by atoms with E-state index >= 15 is 0 Å². The number of rotatable bonds is 4. The van der Waals surface area contributed by atoms with E-state index in [1.807, 2.05) is 29.7 Å². The molecule has 1 N–H and O–H groups in total.